The number of hydrogen-bond donors (Lipinski definition) is 2. The first-order chi connectivity index (χ1) is 14.1. The quantitative estimate of drug-likeness (QED) is 0.699. The minimum absolute atomic E-state index is 0.0277. The number of aromatic nitrogens is 2. The van der Waals surface area contributed by atoms with E-state index in [-0.39, 0.29) is 24.5 Å². The minimum Gasteiger partial charge on any atom is -0.484 e. The maximum atomic E-state index is 12.5. The standard InChI is InChI=1S/C22H24N4O3/c1-15-2-5-18(6-3-15)29-13-21(27)26-10-8-17(9-11-26)25-22(28)16-4-7-19-20(12-16)24-14-23-19/h2-7,12,14,17H,8-11,13H2,1H3,(H,23,24)(H,25,28). The van der Waals surface area contributed by atoms with Gasteiger partial charge >= 0.3 is 0 Å². The van der Waals surface area contributed by atoms with Crippen molar-refractivity contribution in [2.45, 2.75) is 25.8 Å². The molecule has 0 bridgehead atoms. The molecule has 0 unspecified atom stereocenters. The summed E-state index contributed by atoms with van der Waals surface area (Å²) in [5, 5.41) is 3.07. The number of hydrogen-bond acceptors (Lipinski definition) is 4. The average Bonchev–Trinajstić information content (AvgIpc) is 3.21. The number of amides is 2. The van der Waals surface area contributed by atoms with Gasteiger partial charge in [-0.3, -0.25) is 9.59 Å². The largest absolute Gasteiger partial charge is 0.484 e. The summed E-state index contributed by atoms with van der Waals surface area (Å²) in [6.07, 6.45) is 3.07. The number of aryl methyl sites for hydroxylation is 1. The van der Waals surface area contributed by atoms with Gasteiger partial charge in [-0.2, -0.15) is 0 Å². The summed E-state index contributed by atoms with van der Waals surface area (Å²) < 4.78 is 5.58. The van der Waals surface area contributed by atoms with Gasteiger partial charge in [-0.05, 0) is 50.1 Å². The summed E-state index contributed by atoms with van der Waals surface area (Å²) in [5.41, 5.74) is 3.43. The molecule has 1 aliphatic heterocycles. The zero-order valence-electron chi connectivity index (χ0n) is 16.4. The van der Waals surface area contributed by atoms with Gasteiger partial charge in [0.25, 0.3) is 11.8 Å². The van der Waals surface area contributed by atoms with Crippen LogP contribution in [0.1, 0.15) is 28.8 Å². The summed E-state index contributed by atoms with van der Waals surface area (Å²) in [7, 11) is 0. The molecule has 7 heteroatoms. The van der Waals surface area contributed by atoms with Crippen LogP contribution in [0.3, 0.4) is 0 Å². The van der Waals surface area contributed by atoms with Gasteiger partial charge in [-0.1, -0.05) is 17.7 Å². The Kier molecular flexibility index (Phi) is 5.46. The van der Waals surface area contributed by atoms with Crippen LogP contribution >= 0.6 is 0 Å². The number of nitrogens with zero attached hydrogens (tertiary/aromatic N) is 2. The third-order valence-electron chi connectivity index (χ3n) is 5.25. The fourth-order valence-electron chi connectivity index (χ4n) is 3.49. The van der Waals surface area contributed by atoms with E-state index in [1.165, 1.54) is 0 Å². The fourth-order valence-corrected chi connectivity index (χ4v) is 3.49. The highest BCUT2D eigenvalue weighted by atomic mass is 16.5. The molecular formula is C22H24N4O3. The highest BCUT2D eigenvalue weighted by molar-refractivity contribution is 5.97. The maximum absolute atomic E-state index is 12.5. The van der Waals surface area contributed by atoms with Gasteiger partial charge < -0.3 is 19.9 Å². The molecule has 2 amide bonds. The van der Waals surface area contributed by atoms with Gasteiger partial charge in [0.2, 0.25) is 0 Å². The summed E-state index contributed by atoms with van der Waals surface area (Å²) >= 11 is 0. The second-order valence-electron chi connectivity index (χ2n) is 7.36. The average molecular weight is 392 g/mol. The van der Waals surface area contributed by atoms with Crippen LogP contribution in [0.2, 0.25) is 0 Å². The van der Waals surface area contributed by atoms with Gasteiger partial charge in [0.05, 0.1) is 17.4 Å². The van der Waals surface area contributed by atoms with Crippen molar-refractivity contribution < 1.29 is 14.3 Å². The van der Waals surface area contributed by atoms with Crippen LogP contribution in [0.5, 0.6) is 5.75 Å². The first kappa shape index (κ1) is 19.0. The van der Waals surface area contributed by atoms with Crippen molar-refractivity contribution in [3.63, 3.8) is 0 Å². The SMILES string of the molecule is Cc1ccc(OCC(=O)N2CCC(NC(=O)c3ccc4nc[nH]c4c3)CC2)cc1. The molecule has 0 atom stereocenters. The van der Waals surface area contributed by atoms with Crippen LogP contribution in [-0.2, 0) is 4.79 Å². The van der Waals surface area contributed by atoms with Crippen molar-refractivity contribution in [1.29, 1.82) is 0 Å². The Bertz CT molecular complexity index is 1000. The van der Waals surface area contributed by atoms with Gasteiger partial charge in [0.1, 0.15) is 5.75 Å². The highest BCUT2D eigenvalue weighted by Crippen LogP contribution is 2.15. The molecule has 1 saturated heterocycles. The highest BCUT2D eigenvalue weighted by Gasteiger charge is 2.24. The number of H-pyrrole nitrogens is 1. The normalized spacial score (nSPS) is 14.7. The molecule has 4 rings (SSSR count). The number of benzene rings is 2. The topological polar surface area (TPSA) is 87.3 Å². The van der Waals surface area contributed by atoms with Crippen molar-refractivity contribution in [1.82, 2.24) is 20.2 Å². The smallest absolute Gasteiger partial charge is 0.260 e. The molecule has 1 fully saturated rings. The molecule has 2 aromatic carbocycles. The number of likely N-dealkylation sites (tertiary alicyclic amines) is 1. The minimum atomic E-state index is -0.103. The van der Waals surface area contributed by atoms with Gasteiger partial charge in [-0.25, -0.2) is 4.98 Å². The van der Waals surface area contributed by atoms with Crippen LogP contribution in [0.25, 0.3) is 11.0 Å². The Hall–Kier alpha value is -3.35. The lowest BCUT2D eigenvalue weighted by Crippen LogP contribution is -2.47. The second-order valence-corrected chi connectivity index (χ2v) is 7.36. The summed E-state index contributed by atoms with van der Waals surface area (Å²) in [4.78, 5) is 33.9. The Labute approximate surface area is 169 Å². The van der Waals surface area contributed by atoms with Crippen molar-refractivity contribution in [2.75, 3.05) is 19.7 Å². The van der Waals surface area contributed by atoms with E-state index in [9.17, 15) is 9.59 Å². The number of piperidine rings is 1. The molecule has 150 valence electrons. The van der Waals surface area contributed by atoms with Crippen LogP contribution < -0.4 is 10.1 Å². The van der Waals surface area contributed by atoms with E-state index in [0.717, 1.165) is 29.4 Å². The van der Waals surface area contributed by atoms with E-state index < -0.39 is 0 Å². The van der Waals surface area contributed by atoms with E-state index in [4.69, 9.17) is 4.74 Å². The molecule has 0 aliphatic carbocycles. The number of ether oxygens (including phenoxy) is 1. The first-order valence-electron chi connectivity index (χ1n) is 9.80. The van der Waals surface area contributed by atoms with Gasteiger partial charge in [0.15, 0.2) is 6.61 Å². The molecule has 29 heavy (non-hydrogen) atoms. The predicted molar refractivity (Wildman–Crippen MR) is 110 cm³/mol. The number of carbonyl (C=O) groups excluding carboxylic acids is 2. The Morgan fingerprint density at radius 3 is 2.69 bits per heavy atom. The number of aromatic amines is 1. The zero-order chi connectivity index (χ0) is 20.2. The Balaban J connectivity index is 1.24. The number of fused-ring (bicyclic) bond motifs is 1. The van der Waals surface area contributed by atoms with E-state index in [1.807, 2.05) is 37.3 Å². The number of rotatable bonds is 5. The number of imidazole rings is 1. The maximum Gasteiger partial charge on any atom is 0.260 e. The van der Waals surface area contributed by atoms with Crippen LogP contribution in [0.4, 0.5) is 0 Å². The molecule has 1 aliphatic rings. The lowest BCUT2D eigenvalue weighted by Gasteiger charge is -2.32. The van der Waals surface area contributed by atoms with Crippen LogP contribution in [0.15, 0.2) is 48.8 Å². The summed E-state index contributed by atoms with van der Waals surface area (Å²) in [6.45, 7) is 3.26. The van der Waals surface area contributed by atoms with Crippen molar-refractivity contribution in [2.24, 2.45) is 0 Å². The molecule has 3 aromatic rings. The Morgan fingerprint density at radius 2 is 1.93 bits per heavy atom. The molecule has 7 nitrogen and oxygen atoms in total. The van der Waals surface area contributed by atoms with E-state index in [2.05, 4.69) is 15.3 Å². The second kappa shape index (κ2) is 8.34. The molecular weight excluding hydrogens is 368 g/mol. The van der Waals surface area contributed by atoms with Crippen molar-refractivity contribution in [3.8, 4) is 5.75 Å². The van der Waals surface area contributed by atoms with E-state index >= 15 is 0 Å². The van der Waals surface area contributed by atoms with Crippen LogP contribution in [-0.4, -0.2) is 52.4 Å². The van der Waals surface area contributed by atoms with Crippen molar-refractivity contribution >= 4 is 22.8 Å². The lowest BCUT2D eigenvalue weighted by atomic mass is 10.0. The third-order valence-corrected chi connectivity index (χ3v) is 5.25. The van der Waals surface area contributed by atoms with E-state index in [0.29, 0.717) is 24.4 Å². The lowest BCUT2D eigenvalue weighted by molar-refractivity contribution is -0.134. The number of carbonyl (C=O) groups is 2. The molecule has 0 saturated carbocycles. The summed E-state index contributed by atoms with van der Waals surface area (Å²) in [6, 6.07) is 13.1. The first-order valence-corrected chi connectivity index (χ1v) is 9.80. The van der Waals surface area contributed by atoms with Crippen LogP contribution in [0, 0.1) is 6.92 Å². The Morgan fingerprint density at radius 1 is 1.17 bits per heavy atom. The van der Waals surface area contributed by atoms with Gasteiger partial charge in [-0.15, -0.1) is 0 Å². The van der Waals surface area contributed by atoms with E-state index in [1.54, 1.807) is 23.4 Å². The van der Waals surface area contributed by atoms with Crippen molar-refractivity contribution in [3.05, 3.63) is 59.9 Å². The fraction of sp³-hybridized carbons (Fsp3) is 0.318. The molecule has 1 aromatic heterocycles. The monoisotopic (exact) mass is 392 g/mol. The zero-order valence-corrected chi connectivity index (χ0v) is 16.4. The summed E-state index contributed by atoms with van der Waals surface area (Å²) in [5.74, 6) is 0.564. The molecule has 0 radical (unpaired) electrons. The number of nitrogens with one attached hydrogen (secondary N) is 2. The predicted octanol–water partition coefficient (Wildman–Crippen LogP) is 2.67. The molecule has 2 heterocycles. The molecule has 2 N–H and O–H groups in total. The molecule has 0 spiro atoms. The third kappa shape index (κ3) is 4.56. The van der Waals surface area contributed by atoms with Gasteiger partial charge in [0, 0.05) is 24.7 Å².